The first-order valence-corrected chi connectivity index (χ1v) is 9.72. The number of thioether (sulfide) groups is 1. The summed E-state index contributed by atoms with van der Waals surface area (Å²) in [6.45, 7) is 1.71. The Hall–Kier alpha value is -2.34. The summed E-state index contributed by atoms with van der Waals surface area (Å²) in [5, 5.41) is 9.37. The number of H-pyrrole nitrogens is 1. The first-order chi connectivity index (χ1) is 12.8. The van der Waals surface area contributed by atoms with Gasteiger partial charge >= 0.3 is 5.97 Å². The standard InChI is InChI=1S/C18H24N4O4S/c1-12(16(25)22(2)18(11-19)7-5-4-6-8-18)27-17-20-13(9-14(23)21-17)10-15(24)26-3/h9,12H,4-8,10H2,1-3H3,(H,20,21,23)/t12-/m0/s1. The van der Waals surface area contributed by atoms with Crippen LogP contribution in [-0.4, -0.2) is 51.7 Å². The van der Waals surface area contributed by atoms with Crippen LogP contribution in [-0.2, 0) is 20.7 Å². The molecule has 146 valence electrons. The van der Waals surface area contributed by atoms with Crippen molar-refractivity contribution in [2.75, 3.05) is 14.2 Å². The quantitative estimate of drug-likeness (QED) is 0.444. The van der Waals surface area contributed by atoms with Crippen LogP contribution in [0.2, 0.25) is 0 Å². The van der Waals surface area contributed by atoms with Crippen molar-refractivity contribution in [3.8, 4) is 6.07 Å². The van der Waals surface area contributed by atoms with E-state index in [0.29, 0.717) is 12.8 Å². The number of ether oxygens (including phenoxy) is 1. The van der Waals surface area contributed by atoms with E-state index in [1.165, 1.54) is 13.2 Å². The Morgan fingerprint density at radius 3 is 2.70 bits per heavy atom. The monoisotopic (exact) mass is 392 g/mol. The van der Waals surface area contributed by atoms with Crippen LogP contribution in [0.5, 0.6) is 0 Å². The third-order valence-corrected chi connectivity index (χ3v) is 5.80. The highest BCUT2D eigenvalue weighted by Gasteiger charge is 2.40. The summed E-state index contributed by atoms with van der Waals surface area (Å²) in [6, 6.07) is 3.56. The molecule has 27 heavy (non-hydrogen) atoms. The number of hydrogen-bond donors (Lipinski definition) is 1. The van der Waals surface area contributed by atoms with Crippen LogP contribution in [0, 0.1) is 11.3 Å². The molecule has 0 aliphatic heterocycles. The lowest BCUT2D eigenvalue weighted by molar-refractivity contribution is -0.140. The molecule has 1 amide bonds. The molecule has 1 atom stereocenters. The summed E-state index contributed by atoms with van der Waals surface area (Å²) >= 11 is 1.10. The second kappa shape index (κ2) is 9.04. The summed E-state index contributed by atoms with van der Waals surface area (Å²) in [5.41, 5.74) is -0.889. The first kappa shape index (κ1) is 21.0. The Kier molecular flexibility index (Phi) is 7.02. The van der Waals surface area contributed by atoms with E-state index >= 15 is 0 Å². The fourth-order valence-electron chi connectivity index (χ4n) is 3.21. The van der Waals surface area contributed by atoms with Gasteiger partial charge in [0, 0.05) is 13.1 Å². The highest BCUT2D eigenvalue weighted by molar-refractivity contribution is 8.00. The molecule has 1 heterocycles. The van der Waals surface area contributed by atoms with Crippen LogP contribution in [0.1, 0.15) is 44.7 Å². The van der Waals surface area contributed by atoms with Gasteiger partial charge in [0.1, 0.15) is 5.54 Å². The van der Waals surface area contributed by atoms with Crippen molar-refractivity contribution in [1.29, 1.82) is 5.26 Å². The molecule has 0 saturated heterocycles. The van der Waals surface area contributed by atoms with Gasteiger partial charge in [-0.2, -0.15) is 5.26 Å². The van der Waals surface area contributed by atoms with Crippen LogP contribution in [0.4, 0.5) is 0 Å². The number of esters is 1. The van der Waals surface area contributed by atoms with Crippen LogP contribution < -0.4 is 5.56 Å². The number of rotatable bonds is 6. The number of carbonyl (C=O) groups excluding carboxylic acids is 2. The second-order valence-corrected chi connectivity index (χ2v) is 7.99. The number of aromatic nitrogens is 2. The third kappa shape index (κ3) is 5.10. The molecule has 0 aromatic carbocycles. The van der Waals surface area contributed by atoms with Gasteiger partial charge < -0.3 is 14.6 Å². The molecule has 0 bridgehead atoms. The second-order valence-electron chi connectivity index (χ2n) is 6.66. The largest absolute Gasteiger partial charge is 0.469 e. The topological polar surface area (TPSA) is 116 Å². The average molecular weight is 392 g/mol. The Bertz CT molecular complexity index is 795. The molecule has 1 aromatic rings. The first-order valence-electron chi connectivity index (χ1n) is 8.84. The highest BCUT2D eigenvalue weighted by atomic mass is 32.2. The summed E-state index contributed by atoms with van der Waals surface area (Å²) in [5.74, 6) is -0.689. The zero-order valence-corrected chi connectivity index (χ0v) is 16.6. The van der Waals surface area contributed by atoms with Crippen molar-refractivity contribution in [3.63, 3.8) is 0 Å². The van der Waals surface area contributed by atoms with Crippen molar-refractivity contribution in [2.24, 2.45) is 0 Å². The molecule has 9 heteroatoms. The molecule has 2 rings (SSSR count). The molecule has 1 aliphatic carbocycles. The van der Waals surface area contributed by atoms with Gasteiger partial charge in [-0.05, 0) is 19.8 Å². The maximum atomic E-state index is 12.9. The van der Waals surface area contributed by atoms with E-state index in [2.05, 4.69) is 20.8 Å². The van der Waals surface area contributed by atoms with E-state index in [4.69, 9.17) is 0 Å². The fraction of sp³-hybridized carbons (Fsp3) is 0.611. The lowest BCUT2D eigenvalue weighted by Crippen LogP contribution is -2.52. The number of aromatic amines is 1. The lowest BCUT2D eigenvalue weighted by atomic mass is 9.81. The summed E-state index contributed by atoms with van der Waals surface area (Å²) in [7, 11) is 2.93. The van der Waals surface area contributed by atoms with Gasteiger partial charge in [0.25, 0.3) is 5.56 Å². The Labute approximate surface area is 162 Å². The number of hydrogen-bond acceptors (Lipinski definition) is 7. The molecule has 1 saturated carbocycles. The minimum Gasteiger partial charge on any atom is -0.469 e. The van der Waals surface area contributed by atoms with Crippen LogP contribution in [0.3, 0.4) is 0 Å². The number of nitrogens with zero attached hydrogens (tertiary/aromatic N) is 3. The van der Waals surface area contributed by atoms with Crippen LogP contribution >= 0.6 is 11.8 Å². The molecule has 1 N–H and O–H groups in total. The van der Waals surface area contributed by atoms with Gasteiger partial charge in [0.15, 0.2) is 5.16 Å². The Balaban J connectivity index is 2.13. The Morgan fingerprint density at radius 1 is 1.44 bits per heavy atom. The zero-order chi connectivity index (χ0) is 20.0. The predicted octanol–water partition coefficient (Wildman–Crippen LogP) is 1.65. The van der Waals surface area contributed by atoms with Gasteiger partial charge in [0.2, 0.25) is 5.91 Å². The van der Waals surface area contributed by atoms with Gasteiger partial charge in [-0.25, -0.2) is 4.98 Å². The van der Waals surface area contributed by atoms with Gasteiger partial charge in [-0.1, -0.05) is 31.0 Å². The molecular formula is C18H24N4O4S. The lowest BCUT2D eigenvalue weighted by Gasteiger charge is -2.40. The molecule has 8 nitrogen and oxygen atoms in total. The molecule has 1 aromatic heterocycles. The van der Waals surface area contributed by atoms with E-state index in [0.717, 1.165) is 31.0 Å². The predicted molar refractivity (Wildman–Crippen MR) is 100 cm³/mol. The van der Waals surface area contributed by atoms with Crippen molar-refractivity contribution in [3.05, 3.63) is 22.1 Å². The number of amides is 1. The van der Waals surface area contributed by atoms with Crippen molar-refractivity contribution in [2.45, 2.75) is 61.4 Å². The molecule has 0 spiro atoms. The van der Waals surface area contributed by atoms with Crippen molar-refractivity contribution >= 4 is 23.6 Å². The number of methoxy groups -OCH3 is 1. The number of carbonyl (C=O) groups is 2. The van der Waals surface area contributed by atoms with Crippen LogP contribution in [0.25, 0.3) is 0 Å². The Morgan fingerprint density at radius 2 is 2.11 bits per heavy atom. The van der Waals surface area contributed by atoms with E-state index in [-0.39, 0.29) is 23.2 Å². The van der Waals surface area contributed by atoms with Gasteiger partial charge in [-0.3, -0.25) is 14.4 Å². The molecular weight excluding hydrogens is 368 g/mol. The SMILES string of the molecule is COC(=O)Cc1cc(=O)[nH]c(S[C@@H](C)C(=O)N(C)C2(C#N)CCCCC2)n1. The fourth-order valence-corrected chi connectivity index (χ4v) is 4.13. The number of nitrogens with one attached hydrogen (secondary N) is 1. The maximum absolute atomic E-state index is 12.9. The zero-order valence-electron chi connectivity index (χ0n) is 15.8. The molecule has 0 radical (unpaired) electrons. The molecule has 1 aliphatic rings. The van der Waals surface area contributed by atoms with E-state index in [9.17, 15) is 19.6 Å². The summed E-state index contributed by atoms with van der Waals surface area (Å²) < 4.78 is 4.59. The average Bonchev–Trinajstić information content (AvgIpc) is 2.66. The highest BCUT2D eigenvalue weighted by Crippen LogP contribution is 2.34. The van der Waals surface area contributed by atoms with Crippen molar-refractivity contribution < 1.29 is 14.3 Å². The third-order valence-electron chi connectivity index (χ3n) is 4.82. The molecule has 1 fully saturated rings. The number of nitriles is 1. The normalized spacial score (nSPS) is 16.8. The van der Waals surface area contributed by atoms with E-state index in [1.54, 1.807) is 18.9 Å². The van der Waals surface area contributed by atoms with Crippen LogP contribution in [0.15, 0.2) is 16.0 Å². The van der Waals surface area contributed by atoms with Crippen molar-refractivity contribution in [1.82, 2.24) is 14.9 Å². The minimum atomic E-state index is -0.766. The summed E-state index contributed by atoms with van der Waals surface area (Å²) in [6.07, 6.45) is 4.16. The van der Waals surface area contributed by atoms with Gasteiger partial charge in [0.05, 0.1) is 30.5 Å². The van der Waals surface area contributed by atoms with Gasteiger partial charge in [-0.15, -0.1) is 0 Å². The molecule has 0 unspecified atom stereocenters. The van der Waals surface area contributed by atoms with E-state index in [1.807, 2.05) is 0 Å². The smallest absolute Gasteiger partial charge is 0.311 e. The minimum absolute atomic E-state index is 0.117. The summed E-state index contributed by atoms with van der Waals surface area (Å²) in [4.78, 5) is 44.4. The maximum Gasteiger partial charge on any atom is 0.311 e. The van der Waals surface area contributed by atoms with E-state index < -0.39 is 22.3 Å².